The number of methoxy groups -OCH3 is 1. The first kappa shape index (κ1) is 17.6. The summed E-state index contributed by atoms with van der Waals surface area (Å²) >= 11 is 0. The number of nitrogens with zero attached hydrogens (tertiary/aromatic N) is 5. The van der Waals surface area contributed by atoms with Crippen molar-refractivity contribution in [3.63, 3.8) is 0 Å². The molecule has 0 aliphatic carbocycles. The van der Waals surface area contributed by atoms with Crippen LogP contribution < -0.4 is 4.74 Å². The molecule has 0 saturated carbocycles. The van der Waals surface area contributed by atoms with Crippen LogP contribution in [0.25, 0.3) is 5.69 Å². The molecule has 7 nitrogen and oxygen atoms in total. The minimum atomic E-state index is -0.0685. The van der Waals surface area contributed by atoms with Crippen LogP contribution in [0.2, 0.25) is 0 Å². The second-order valence-electron chi connectivity index (χ2n) is 6.12. The number of amides is 1. The van der Waals surface area contributed by atoms with E-state index in [1.165, 1.54) is 0 Å². The van der Waals surface area contributed by atoms with E-state index in [9.17, 15) is 4.79 Å². The van der Waals surface area contributed by atoms with E-state index < -0.39 is 0 Å². The Bertz CT molecular complexity index is 904. The summed E-state index contributed by atoms with van der Waals surface area (Å²) < 4.78 is 7.22. The van der Waals surface area contributed by atoms with E-state index in [4.69, 9.17) is 4.74 Å². The van der Waals surface area contributed by atoms with Crippen LogP contribution in [0.4, 0.5) is 0 Å². The Morgan fingerprint density at radius 1 is 1.15 bits per heavy atom. The maximum absolute atomic E-state index is 12.7. The molecule has 0 atom stereocenters. The van der Waals surface area contributed by atoms with Crippen molar-refractivity contribution in [1.29, 1.82) is 0 Å². The lowest BCUT2D eigenvalue weighted by molar-refractivity contribution is 0.0783. The molecule has 0 aliphatic heterocycles. The Balaban J connectivity index is 1.76. The SMILES string of the molecule is COc1c(C)cnc(CN(C)C(=O)c2ccc(-n3cnnc3)cc2)c1C. The van der Waals surface area contributed by atoms with Crippen LogP contribution in [-0.4, -0.2) is 44.7 Å². The van der Waals surface area contributed by atoms with Crippen molar-refractivity contribution in [3.05, 3.63) is 65.5 Å². The third-order valence-corrected chi connectivity index (χ3v) is 4.31. The third-order valence-electron chi connectivity index (χ3n) is 4.31. The molecule has 2 aromatic heterocycles. The molecule has 1 aromatic carbocycles. The summed E-state index contributed by atoms with van der Waals surface area (Å²) in [6.07, 6.45) is 5.00. The van der Waals surface area contributed by atoms with Crippen molar-refractivity contribution in [2.24, 2.45) is 0 Å². The van der Waals surface area contributed by atoms with Crippen molar-refractivity contribution in [3.8, 4) is 11.4 Å². The van der Waals surface area contributed by atoms with Crippen LogP contribution in [0.3, 0.4) is 0 Å². The van der Waals surface area contributed by atoms with Gasteiger partial charge in [0.25, 0.3) is 5.91 Å². The summed E-state index contributed by atoms with van der Waals surface area (Å²) in [4.78, 5) is 18.8. The first-order chi connectivity index (χ1) is 12.5. The number of carbonyl (C=O) groups excluding carboxylic acids is 1. The molecule has 0 spiro atoms. The summed E-state index contributed by atoms with van der Waals surface area (Å²) in [7, 11) is 3.41. The fourth-order valence-corrected chi connectivity index (χ4v) is 2.86. The average Bonchev–Trinajstić information content (AvgIpc) is 3.19. The van der Waals surface area contributed by atoms with Gasteiger partial charge in [0.15, 0.2) is 0 Å². The number of aromatic nitrogens is 4. The zero-order valence-electron chi connectivity index (χ0n) is 15.3. The average molecular weight is 351 g/mol. The van der Waals surface area contributed by atoms with Crippen LogP contribution in [0.15, 0.2) is 43.1 Å². The van der Waals surface area contributed by atoms with Gasteiger partial charge in [-0.05, 0) is 38.1 Å². The van der Waals surface area contributed by atoms with Crippen LogP contribution in [-0.2, 0) is 6.54 Å². The Kier molecular flexibility index (Phi) is 4.97. The van der Waals surface area contributed by atoms with Gasteiger partial charge in [0.1, 0.15) is 18.4 Å². The van der Waals surface area contributed by atoms with Gasteiger partial charge < -0.3 is 9.64 Å². The lowest BCUT2D eigenvalue weighted by Gasteiger charge is -2.19. The number of pyridine rings is 1. The van der Waals surface area contributed by atoms with E-state index >= 15 is 0 Å². The van der Waals surface area contributed by atoms with E-state index in [0.717, 1.165) is 28.3 Å². The van der Waals surface area contributed by atoms with Gasteiger partial charge in [-0.25, -0.2) is 0 Å². The molecule has 134 valence electrons. The smallest absolute Gasteiger partial charge is 0.253 e. The largest absolute Gasteiger partial charge is 0.496 e. The lowest BCUT2D eigenvalue weighted by atomic mass is 10.1. The molecule has 3 rings (SSSR count). The minimum absolute atomic E-state index is 0.0685. The van der Waals surface area contributed by atoms with Gasteiger partial charge in [0.2, 0.25) is 0 Å². The highest BCUT2D eigenvalue weighted by Crippen LogP contribution is 2.24. The van der Waals surface area contributed by atoms with Crippen molar-refractivity contribution < 1.29 is 9.53 Å². The summed E-state index contributed by atoms with van der Waals surface area (Å²) in [6, 6.07) is 7.32. The summed E-state index contributed by atoms with van der Waals surface area (Å²) in [5, 5.41) is 7.56. The van der Waals surface area contributed by atoms with Gasteiger partial charge >= 0.3 is 0 Å². The quantitative estimate of drug-likeness (QED) is 0.706. The van der Waals surface area contributed by atoms with Crippen molar-refractivity contribution in [2.75, 3.05) is 14.2 Å². The fraction of sp³-hybridized carbons (Fsp3) is 0.263. The summed E-state index contributed by atoms with van der Waals surface area (Å²) in [5.41, 5.74) is 4.27. The van der Waals surface area contributed by atoms with Crippen molar-refractivity contribution in [2.45, 2.75) is 20.4 Å². The predicted octanol–water partition coefficient (Wildman–Crippen LogP) is 2.56. The first-order valence-corrected chi connectivity index (χ1v) is 8.21. The normalized spacial score (nSPS) is 10.6. The van der Waals surface area contributed by atoms with Gasteiger partial charge in [0, 0.05) is 35.6 Å². The number of aryl methyl sites for hydroxylation is 1. The zero-order valence-corrected chi connectivity index (χ0v) is 15.3. The van der Waals surface area contributed by atoms with Crippen molar-refractivity contribution in [1.82, 2.24) is 24.6 Å². The summed E-state index contributed by atoms with van der Waals surface area (Å²) in [5.74, 6) is 0.746. The molecule has 0 unspecified atom stereocenters. The van der Waals surface area contributed by atoms with E-state index in [0.29, 0.717) is 12.1 Å². The Morgan fingerprint density at radius 3 is 2.42 bits per heavy atom. The molecule has 0 aliphatic rings. The monoisotopic (exact) mass is 351 g/mol. The van der Waals surface area contributed by atoms with E-state index in [2.05, 4.69) is 15.2 Å². The van der Waals surface area contributed by atoms with Crippen molar-refractivity contribution >= 4 is 5.91 Å². The highest BCUT2D eigenvalue weighted by Gasteiger charge is 2.16. The molecule has 2 heterocycles. The van der Waals surface area contributed by atoms with E-state index in [1.54, 1.807) is 54.6 Å². The van der Waals surface area contributed by atoms with E-state index in [-0.39, 0.29) is 5.91 Å². The maximum atomic E-state index is 12.7. The molecule has 26 heavy (non-hydrogen) atoms. The van der Waals surface area contributed by atoms with Crippen LogP contribution in [0, 0.1) is 13.8 Å². The molecule has 3 aromatic rings. The number of carbonyl (C=O) groups is 1. The minimum Gasteiger partial charge on any atom is -0.496 e. The molecule has 0 bridgehead atoms. The molecular formula is C19H21N5O2. The second-order valence-corrected chi connectivity index (χ2v) is 6.12. The fourth-order valence-electron chi connectivity index (χ4n) is 2.86. The van der Waals surface area contributed by atoms with E-state index in [1.807, 2.05) is 26.0 Å². The predicted molar refractivity (Wildman–Crippen MR) is 97.4 cm³/mol. The molecular weight excluding hydrogens is 330 g/mol. The Labute approximate surface area is 152 Å². The number of rotatable bonds is 5. The number of hydrogen-bond donors (Lipinski definition) is 0. The highest BCUT2D eigenvalue weighted by atomic mass is 16.5. The Morgan fingerprint density at radius 2 is 1.81 bits per heavy atom. The van der Waals surface area contributed by atoms with Gasteiger partial charge in [-0.15, -0.1) is 10.2 Å². The van der Waals surface area contributed by atoms with Crippen LogP contribution in [0.1, 0.15) is 27.2 Å². The van der Waals surface area contributed by atoms with Gasteiger partial charge in [-0.1, -0.05) is 0 Å². The number of ether oxygens (including phenoxy) is 1. The van der Waals surface area contributed by atoms with Gasteiger partial charge in [-0.3, -0.25) is 14.3 Å². The van der Waals surface area contributed by atoms with Crippen LogP contribution in [0.5, 0.6) is 5.75 Å². The zero-order chi connectivity index (χ0) is 18.7. The third kappa shape index (κ3) is 3.42. The molecule has 0 saturated heterocycles. The molecule has 1 amide bonds. The van der Waals surface area contributed by atoms with Gasteiger partial charge in [-0.2, -0.15) is 0 Å². The number of hydrogen-bond acceptors (Lipinski definition) is 5. The second kappa shape index (κ2) is 7.35. The Hall–Kier alpha value is -3.22. The summed E-state index contributed by atoms with van der Waals surface area (Å²) in [6.45, 7) is 4.32. The molecule has 0 radical (unpaired) electrons. The molecule has 0 fully saturated rings. The highest BCUT2D eigenvalue weighted by molar-refractivity contribution is 5.94. The topological polar surface area (TPSA) is 73.1 Å². The van der Waals surface area contributed by atoms with Crippen LogP contribution >= 0.6 is 0 Å². The molecule has 0 N–H and O–H groups in total. The lowest BCUT2D eigenvalue weighted by Crippen LogP contribution is -2.27. The standard InChI is InChI=1S/C19H21N5O2/c1-13-9-20-17(14(2)18(13)26-4)10-23(3)19(25)15-5-7-16(8-6-15)24-11-21-22-12-24/h5-9,11-12H,10H2,1-4H3. The molecule has 7 heteroatoms. The number of benzene rings is 1. The first-order valence-electron chi connectivity index (χ1n) is 8.21. The maximum Gasteiger partial charge on any atom is 0.253 e. The van der Waals surface area contributed by atoms with Gasteiger partial charge in [0.05, 0.1) is 19.3 Å².